The minimum absolute atomic E-state index is 0.189. The fourth-order valence-corrected chi connectivity index (χ4v) is 1.51. The molecule has 1 atom stereocenters. The van der Waals surface area contributed by atoms with Crippen LogP contribution in [0.25, 0.3) is 0 Å². The van der Waals surface area contributed by atoms with E-state index in [0.29, 0.717) is 18.6 Å². The molecule has 1 fully saturated rings. The number of carbonyl (C=O) groups is 1. The van der Waals surface area contributed by atoms with E-state index in [2.05, 4.69) is 15.5 Å². The number of amides is 1. The van der Waals surface area contributed by atoms with Gasteiger partial charge < -0.3 is 15.2 Å². The average Bonchev–Trinajstić information content (AvgIpc) is 2.75. The molecule has 1 aliphatic rings. The predicted molar refractivity (Wildman–Crippen MR) is 54.8 cm³/mol. The van der Waals surface area contributed by atoms with Crippen molar-refractivity contribution >= 4 is 5.91 Å². The lowest BCUT2D eigenvalue weighted by Crippen LogP contribution is -2.43. The molecule has 6 heteroatoms. The quantitative estimate of drug-likeness (QED) is 0.712. The van der Waals surface area contributed by atoms with Crippen molar-refractivity contribution in [3.8, 4) is 0 Å². The summed E-state index contributed by atoms with van der Waals surface area (Å²) in [5.74, 6) is -0.268. The highest BCUT2D eigenvalue weighted by Crippen LogP contribution is 2.16. The van der Waals surface area contributed by atoms with Gasteiger partial charge in [0.2, 0.25) is 0 Å². The second-order valence-electron chi connectivity index (χ2n) is 3.84. The van der Waals surface area contributed by atoms with Crippen LogP contribution in [0.1, 0.15) is 16.8 Å². The van der Waals surface area contributed by atoms with E-state index in [-0.39, 0.29) is 19.1 Å². The maximum atomic E-state index is 11.6. The first-order valence-corrected chi connectivity index (χ1v) is 5.05. The van der Waals surface area contributed by atoms with Crippen LogP contribution < -0.4 is 5.32 Å². The molecule has 1 aliphatic heterocycles. The molecule has 1 unspecified atom stereocenters. The monoisotopic (exact) mass is 223 g/mol. The molecule has 1 saturated heterocycles. The summed E-state index contributed by atoms with van der Waals surface area (Å²) in [5.41, 5.74) is -0.506. The van der Waals surface area contributed by atoms with Gasteiger partial charge in [-0.15, -0.1) is 0 Å². The van der Waals surface area contributed by atoms with Crippen LogP contribution >= 0.6 is 0 Å². The summed E-state index contributed by atoms with van der Waals surface area (Å²) in [7, 11) is 0. The average molecular weight is 223 g/mol. The summed E-state index contributed by atoms with van der Waals surface area (Å²) in [6.07, 6.45) is 3.37. The fraction of sp³-hybridized carbons (Fsp3) is 0.500. The van der Waals surface area contributed by atoms with Gasteiger partial charge in [0.25, 0.3) is 5.91 Å². The molecular formula is C10H13N3O3. The molecule has 86 valence electrons. The van der Waals surface area contributed by atoms with Gasteiger partial charge in [-0.3, -0.25) is 4.79 Å². The number of aliphatic hydroxyl groups is 1. The molecule has 0 aromatic carbocycles. The topological polar surface area (TPSA) is 84.3 Å². The Morgan fingerprint density at radius 1 is 1.62 bits per heavy atom. The summed E-state index contributed by atoms with van der Waals surface area (Å²) in [6.45, 7) is 0.985. The maximum absolute atomic E-state index is 11.6. The van der Waals surface area contributed by atoms with Crippen molar-refractivity contribution in [1.29, 1.82) is 0 Å². The van der Waals surface area contributed by atoms with Gasteiger partial charge in [0, 0.05) is 19.6 Å². The molecule has 2 heterocycles. The maximum Gasteiger partial charge on any atom is 0.253 e. The third kappa shape index (κ3) is 2.53. The third-order valence-electron chi connectivity index (χ3n) is 2.51. The van der Waals surface area contributed by atoms with Crippen molar-refractivity contribution in [2.24, 2.45) is 0 Å². The van der Waals surface area contributed by atoms with Crippen LogP contribution in [-0.4, -0.2) is 46.6 Å². The highest BCUT2D eigenvalue weighted by Gasteiger charge is 2.32. The number of aromatic nitrogens is 2. The zero-order valence-electron chi connectivity index (χ0n) is 8.72. The molecule has 0 spiro atoms. The third-order valence-corrected chi connectivity index (χ3v) is 2.51. The van der Waals surface area contributed by atoms with Crippen LogP contribution in [0, 0.1) is 0 Å². The smallest absolute Gasteiger partial charge is 0.253 e. The summed E-state index contributed by atoms with van der Waals surface area (Å²) in [6, 6.07) is 1.57. The standard InChI is InChI=1S/C10H13N3O3/c14-9(8-1-3-12-13-5-8)11-6-10(15)2-4-16-7-10/h1,3,5,15H,2,4,6-7H2,(H,11,14). The minimum atomic E-state index is -0.934. The van der Waals surface area contributed by atoms with Gasteiger partial charge in [-0.05, 0) is 6.07 Å². The Labute approximate surface area is 92.6 Å². The number of rotatable bonds is 3. The largest absolute Gasteiger partial charge is 0.386 e. The normalized spacial score (nSPS) is 24.3. The van der Waals surface area contributed by atoms with Gasteiger partial charge in [0.05, 0.1) is 24.6 Å². The van der Waals surface area contributed by atoms with Crippen molar-refractivity contribution in [2.45, 2.75) is 12.0 Å². The van der Waals surface area contributed by atoms with Crippen LogP contribution in [0.5, 0.6) is 0 Å². The van der Waals surface area contributed by atoms with E-state index in [1.54, 1.807) is 6.07 Å². The van der Waals surface area contributed by atoms with E-state index in [0.717, 1.165) is 0 Å². The number of carbonyl (C=O) groups excluding carboxylic acids is 1. The summed E-state index contributed by atoms with van der Waals surface area (Å²) in [4.78, 5) is 11.6. The van der Waals surface area contributed by atoms with Crippen LogP contribution in [-0.2, 0) is 4.74 Å². The number of nitrogens with one attached hydrogen (secondary N) is 1. The van der Waals surface area contributed by atoms with Crippen LogP contribution in [0.3, 0.4) is 0 Å². The van der Waals surface area contributed by atoms with Crippen LogP contribution in [0.4, 0.5) is 0 Å². The molecule has 6 nitrogen and oxygen atoms in total. The second kappa shape index (κ2) is 4.54. The zero-order valence-corrected chi connectivity index (χ0v) is 8.72. The van der Waals surface area contributed by atoms with Crippen molar-refractivity contribution in [2.75, 3.05) is 19.8 Å². The Hall–Kier alpha value is -1.53. The van der Waals surface area contributed by atoms with Gasteiger partial charge in [-0.2, -0.15) is 10.2 Å². The molecule has 0 radical (unpaired) electrons. The van der Waals surface area contributed by atoms with Gasteiger partial charge in [0.1, 0.15) is 5.60 Å². The highest BCUT2D eigenvalue weighted by atomic mass is 16.5. The van der Waals surface area contributed by atoms with Crippen molar-refractivity contribution in [1.82, 2.24) is 15.5 Å². The first kappa shape index (κ1) is 11.0. The number of hydrogen-bond acceptors (Lipinski definition) is 5. The molecule has 2 rings (SSSR count). The Morgan fingerprint density at radius 3 is 3.12 bits per heavy atom. The summed E-state index contributed by atoms with van der Waals surface area (Å²) < 4.78 is 5.07. The first-order valence-electron chi connectivity index (χ1n) is 5.05. The van der Waals surface area contributed by atoms with Crippen molar-refractivity contribution in [3.63, 3.8) is 0 Å². The Balaban J connectivity index is 1.89. The number of nitrogens with zero attached hydrogens (tertiary/aromatic N) is 2. The van der Waals surface area contributed by atoms with E-state index in [1.807, 2.05) is 0 Å². The zero-order chi connectivity index (χ0) is 11.4. The van der Waals surface area contributed by atoms with Gasteiger partial charge >= 0.3 is 0 Å². The van der Waals surface area contributed by atoms with E-state index in [1.165, 1.54) is 12.4 Å². The Morgan fingerprint density at radius 2 is 2.50 bits per heavy atom. The molecule has 2 N–H and O–H groups in total. The van der Waals surface area contributed by atoms with Crippen molar-refractivity contribution in [3.05, 3.63) is 24.0 Å². The molecule has 16 heavy (non-hydrogen) atoms. The van der Waals surface area contributed by atoms with Crippen LogP contribution in [0.15, 0.2) is 18.5 Å². The lowest BCUT2D eigenvalue weighted by atomic mass is 10.0. The van der Waals surface area contributed by atoms with E-state index in [4.69, 9.17) is 4.74 Å². The molecule has 0 aliphatic carbocycles. The summed E-state index contributed by atoms with van der Waals surface area (Å²) >= 11 is 0. The van der Waals surface area contributed by atoms with Gasteiger partial charge in [0.15, 0.2) is 0 Å². The van der Waals surface area contributed by atoms with Crippen LogP contribution in [0.2, 0.25) is 0 Å². The van der Waals surface area contributed by atoms with E-state index in [9.17, 15) is 9.90 Å². The predicted octanol–water partition coefficient (Wildman–Crippen LogP) is -0.642. The highest BCUT2D eigenvalue weighted by molar-refractivity contribution is 5.93. The van der Waals surface area contributed by atoms with Gasteiger partial charge in [-0.25, -0.2) is 0 Å². The lowest BCUT2D eigenvalue weighted by molar-refractivity contribution is 0.0264. The molecule has 1 aromatic rings. The van der Waals surface area contributed by atoms with Crippen molar-refractivity contribution < 1.29 is 14.6 Å². The molecule has 0 saturated carbocycles. The Bertz CT molecular complexity index is 363. The summed E-state index contributed by atoms with van der Waals surface area (Å²) in [5, 5.41) is 19.7. The minimum Gasteiger partial charge on any atom is -0.386 e. The SMILES string of the molecule is O=C(NCC1(O)CCOC1)c1ccnnc1. The number of hydrogen-bond donors (Lipinski definition) is 2. The molecule has 1 aromatic heterocycles. The lowest BCUT2D eigenvalue weighted by Gasteiger charge is -2.20. The Kier molecular flexibility index (Phi) is 3.12. The molecule has 0 bridgehead atoms. The molecule has 1 amide bonds. The first-order chi connectivity index (χ1) is 7.70. The van der Waals surface area contributed by atoms with Gasteiger partial charge in [-0.1, -0.05) is 0 Å². The van der Waals surface area contributed by atoms with E-state index < -0.39 is 5.60 Å². The number of ether oxygens (including phenoxy) is 1. The van der Waals surface area contributed by atoms with E-state index >= 15 is 0 Å². The fourth-order valence-electron chi connectivity index (χ4n) is 1.51. The second-order valence-corrected chi connectivity index (χ2v) is 3.84. The molecular weight excluding hydrogens is 210 g/mol.